The van der Waals surface area contributed by atoms with Gasteiger partial charge in [-0.15, -0.1) is 0 Å². The van der Waals surface area contributed by atoms with Gasteiger partial charge >= 0.3 is 17.9 Å². The average Bonchev–Trinajstić information content (AvgIpc) is 3.15. The smallest absolute Gasteiger partial charge is 0.311 e. The Morgan fingerprint density at radius 1 is 0.482 bits per heavy atom. The topological polar surface area (TPSA) is 78.9 Å². The van der Waals surface area contributed by atoms with Crippen molar-refractivity contribution in [2.45, 2.75) is 210 Å². The van der Waals surface area contributed by atoms with Crippen LogP contribution >= 0.6 is 0 Å². The summed E-state index contributed by atoms with van der Waals surface area (Å²) in [6.07, 6.45) is 30.1. The Morgan fingerprint density at radius 3 is 1.20 bits per heavy atom. The van der Waals surface area contributed by atoms with Crippen molar-refractivity contribution in [1.82, 2.24) is 0 Å². The third kappa shape index (κ3) is 12.0. The molecule has 8 bridgehead atoms. The summed E-state index contributed by atoms with van der Waals surface area (Å²) >= 11 is 0. The molecule has 9 rings (SSSR count). The molecule has 0 atom stereocenters. The molecule has 0 spiro atoms. The first-order chi connectivity index (χ1) is 26.4. The fraction of sp³-hybridized carbons (Fsp3) is 0.940. The third-order valence-corrected chi connectivity index (χ3v) is 16.8. The SMILES string of the molecule is CCC(C)(C)C(=O)OCC1CCCCC1.CCC(C)(C)C(=O)OCCC12CC3CC(CC(C3)C1)C2.CCC(C)(C)C(=O)OCCCC12CC3CC(CC(C3)C1)C2. The van der Waals surface area contributed by atoms with Crippen molar-refractivity contribution in [2.75, 3.05) is 19.8 Å². The maximum Gasteiger partial charge on any atom is 0.311 e. The Balaban J connectivity index is 0.000000163. The molecule has 9 aliphatic rings. The first-order valence-corrected chi connectivity index (χ1v) is 23.9. The van der Waals surface area contributed by atoms with Crippen LogP contribution in [0.15, 0.2) is 0 Å². The first kappa shape index (κ1) is 45.5. The lowest BCUT2D eigenvalue weighted by atomic mass is 9.48. The molecular formula is C50H86O6. The van der Waals surface area contributed by atoms with E-state index >= 15 is 0 Å². The first-order valence-electron chi connectivity index (χ1n) is 23.9. The Bertz CT molecular complexity index is 1220. The zero-order valence-corrected chi connectivity index (χ0v) is 37.9. The maximum atomic E-state index is 12.1. The minimum atomic E-state index is -0.319. The molecule has 6 nitrogen and oxygen atoms in total. The summed E-state index contributed by atoms with van der Waals surface area (Å²) in [5, 5.41) is 0. The zero-order valence-electron chi connectivity index (χ0n) is 37.9. The minimum absolute atomic E-state index is 0.00951. The van der Waals surface area contributed by atoms with Crippen molar-refractivity contribution in [3.8, 4) is 0 Å². The van der Waals surface area contributed by atoms with Crippen LogP contribution in [-0.4, -0.2) is 37.7 Å². The number of carbonyl (C=O) groups is 3. The Labute approximate surface area is 343 Å². The van der Waals surface area contributed by atoms with E-state index in [1.165, 1.54) is 116 Å². The van der Waals surface area contributed by atoms with Crippen molar-refractivity contribution in [1.29, 1.82) is 0 Å². The second-order valence-corrected chi connectivity index (χ2v) is 22.8. The summed E-state index contributed by atoms with van der Waals surface area (Å²) in [5.41, 5.74) is 0.212. The summed E-state index contributed by atoms with van der Waals surface area (Å²) in [5.74, 6) is 6.61. The molecule has 9 saturated carbocycles. The van der Waals surface area contributed by atoms with Crippen LogP contribution in [0.5, 0.6) is 0 Å². The lowest BCUT2D eigenvalue weighted by molar-refractivity contribution is -0.157. The number of esters is 3. The van der Waals surface area contributed by atoms with Gasteiger partial charge in [-0.25, -0.2) is 0 Å². The van der Waals surface area contributed by atoms with Gasteiger partial charge in [0.15, 0.2) is 0 Å². The molecule has 0 aromatic carbocycles. The van der Waals surface area contributed by atoms with Crippen LogP contribution in [0.2, 0.25) is 0 Å². The highest BCUT2D eigenvalue weighted by Gasteiger charge is 2.51. The number of rotatable bonds is 15. The van der Waals surface area contributed by atoms with Crippen molar-refractivity contribution < 1.29 is 28.6 Å². The Hall–Kier alpha value is -1.59. The quantitative estimate of drug-likeness (QED) is 0.0935. The van der Waals surface area contributed by atoms with E-state index in [0.717, 1.165) is 67.6 Å². The van der Waals surface area contributed by atoms with Gasteiger partial charge in [-0.1, -0.05) is 40.0 Å². The number of ether oxygens (including phenoxy) is 3. The van der Waals surface area contributed by atoms with Crippen LogP contribution in [-0.2, 0) is 28.6 Å². The van der Waals surface area contributed by atoms with E-state index < -0.39 is 0 Å². The molecule has 9 fully saturated rings. The zero-order chi connectivity index (χ0) is 40.8. The van der Waals surface area contributed by atoms with E-state index in [2.05, 4.69) is 13.8 Å². The summed E-state index contributed by atoms with van der Waals surface area (Å²) in [6, 6.07) is 0. The van der Waals surface area contributed by atoms with Gasteiger partial charge in [0.1, 0.15) is 0 Å². The molecular weight excluding hydrogens is 697 g/mol. The van der Waals surface area contributed by atoms with Gasteiger partial charge < -0.3 is 14.2 Å². The molecule has 0 unspecified atom stereocenters. The number of hydrogen-bond donors (Lipinski definition) is 0. The van der Waals surface area contributed by atoms with Crippen molar-refractivity contribution in [3.63, 3.8) is 0 Å². The molecule has 0 aliphatic heterocycles. The van der Waals surface area contributed by atoms with Crippen LogP contribution in [0.1, 0.15) is 210 Å². The fourth-order valence-corrected chi connectivity index (χ4v) is 12.7. The van der Waals surface area contributed by atoms with Gasteiger partial charge in [0.25, 0.3) is 0 Å². The molecule has 322 valence electrons. The van der Waals surface area contributed by atoms with E-state index in [0.29, 0.717) is 36.6 Å². The van der Waals surface area contributed by atoms with Gasteiger partial charge in [-0.2, -0.15) is 0 Å². The van der Waals surface area contributed by atoms with Gasteiger partial charge in [0, 0.05) is 0 Å². The largest absolute Gasteiger partial charge is 0.465 e. The van der Waals surface area contributed by atoms with Crippen LogP contribution in [0.4, 0.5) is 0 Å². The van der Waals surface area contributed by atoms with Crippen molar-refractivity contribution in [2.24, 2.45) is 68.5 Å². The molecule has 9 aliphatic carbocycles. The molecule has 0 saturated heterocycles. The summed E-state index contributed by atoms with van der Waals surface area (Å²) in [6.45, 7) is 19.9. The fourth-order valence-electron chi connectivity index (χ4n) is 12.7. The minimum Gasteiger partial charge on any atom is -0.465 e. The monoisotopic (exact) mass is 783 g/mol. The average molecular weight is 783 g/mol. The molecule has 6 heteroatoms. The maximum absolute atomic E-state index is 12.1. The van der Waals surface area contributed by atoms with Crippen LogP contribution in [0, 0.1) is 68.5 Å². The molecule has 0 aromatic rings. The lowest BCUT2D eigenvalue weighted by Crippen LogP contribution is -2.46. The Morgan fingerprint density at radius 2 is 0.821 bits per heavy atom. The van der Waals surface area contributed by atoms with Crippen LogP contribution in [0.25, 0.3) is 0 Å². The van der Waals surface area contributed by atoms with E-state index in [9.17, 15) is 14.4 Å². The predicted octanol–water partition coefficient (Wildman–Crippen LogP) is 13.1. The second-order valence-electron chi connectivity index (χ2n) is 22.8. The van der Waals surface area contributed by atoms with E-state index in [-0.39, 0.29) is 34.2 Å². The van der Waals surface area contributed by atoms with Gasteiger partial charge in [0.05, 0.1) is 36.1 Å². The molecule has 0 radical (unpaired) electrons. The summed E-state index contributed by atoms with van der Waals surface area (Å²) in [4.78, 5) is 35.8. The molecule has 0 aromatic heterocycles. The van der Waals surface area contributed by atoms with Crippen LogP contribution in [0.3, 0.4) is 0 Å². The summed E-state index contributed by atoms with van der Waals surface area (Å²) in [7, 11) is 0. The van der Waals surface area contributed by atoms with E-state index in [1.807, 2.05) is 48.5 Å². The Kier molecular flexibility index (Phi) is 15.6. The number of hydrogen-bond acceptors (Lipinski definition) is 6. The third-order valence-electron chi connectivity index (χ3n) is 16.8. The second kappa shape index (κ2) is 19.2. The molecule has 0 heterocycles. The highest BCUT2D eigenvalue weighted by molar-refractivity contribution is 5.76. The van der Waals surface area contributed by atoms with Gasteiger partial charge in [-0.05, 0) is 222 Å². The molecule has 0 amide bonds. The van der Waals surface area contributed by atoms with Gasteiger partial charge in [-0.3, -0.25) is 14.4 Å². The van der Waals surface area contributed by atoms with E-state index in [1.54, 1.807) is 0 Å². The number of carbonyl (C=O) groups excluding carboxylic acids is 3. The van der Waals surface area contributed by atoms with Crippen molar-refractivity contribution in [3.05, 3.63) is 0 Å². The normalized spacial score (nSPS) is 33.2. The lowest BCUT2D eigenvalue weighted by Gasteiger charge is -2.57. The predicted molar refractivity (Wildman–Crippen MR) is 227 cm³/mol. The molecule has 56 heavy (non-hydrogen) atoms. The summed E-state index contributed by atoms with van der Waals surface area (Å²) < 4.78 is 16.5. The molecule has 0 N–H and O–H groups in total. The highest BCUT2D eigenvalue weighted by Crippen LogP contribution is 2.62. The van der Waals surface area contributed by atoms with Crippen molar-refractivity contribution >= 4 is 17.9 Å². The van der Waals surface area contributed by atoms with Crippen LogP contribution < -0.4 is 0 Å². The van der Waals surface area contributed by atoms with E-state index in [4.69, 9.17) is 14.2 Å². The van der Waals surface area contributed by atoms with Gasteiger partial charge in [0.2, 0.25) is 0 Å². The highest BCUT2D eigenvalue weighted by atomic mass is 16.5. The standard InChI is InChI=1S/C19H32O2.C18H30O2.C13H24O2/c1-4-18(2,3)17(20)21-7-5-6-19-11-14-8-15(12-19)10-16(9-14)13-19;1-4-17(2,3)16(19)20-6-5-18-10-13-7-14(11-18)9-15(8-13)12-18;1-4-13(2,3)12(14)15-10-11-8-6-5-7-9-11/h14-16H,4-13H2,1-3H3;13-15H,4-12H2,1-3H3;11H,4-10H2,1-3H3.